The smallest absolute Gasteiger partial charge is 0.407 e. The van der Waals surface area contributed by atoms with Crippen molar-refractivity contribution in [3.05, 3.63) is 77.3 Å². The van der Waals surface area contributed by atoms with Crippen LogP contribution in [0.4, 0.5) is 31.1 Å². The SMILES string of the molecule is [B]C([B])([B])n1cnc(-c2cc([C@@H](COC(=O)NC(C)(C)C(F)F)N(C(=O)c3ccc(-c4cnn(C(F)F)c4)cc3)C(N)=NCC[C@]3(C)CC3(F)F)ccc2Cl)n1. The summed E-state index contributed by atoms with van der Waals surface area (Å²) in [4.78, 5) is 36.8. The van der Waals surface area contributed by atoms with E-state index in [0.29, 0.717) is 15.8 Å². The third-order valence-corrected chi connectivity index (χ3v) is 9.53. The van der Waals surface area contributed by atoms with Gasteiger partial charge in [-0.1, -0.05) is 36.7 Å². The van der Waals surface area contributed by atoms with Crippen molar-refractivity contribution in [3.8, 4) is 22.5 Å². The standard InChI is InChI=1S/C34H33B3ClF6N9O3/c1-31(2,27(39)40)49-30(55)56-15-24(20-8-9-23(38)22(12-20)25-47-17-52(50-25)34(35,36)37)53(29(45)46-11-10-32(3)16-33(32,43)44)26(54)19-6-4-18(5-7-19)21-13-48-51(14-21)28(41)42/h4-9,12-14,17,24,27-28H,10-11,15-16H2,1-3H3,(H2,45,46)(H,49,55)/t24-,32-/m1/s1. The number of aromatic nitrogens is 5. The summed E-state index contributed by atoms with van der Waals surface area (Å²) in [5.74, 6) is -4.26. The lowest BCUT2D eigenvalue weighted by Gasteiger charge is -2.32. The van der Waals surface area contributed by atoms with E-state index in [1.54, 1.807) is 0 Å². The van der Waals surface area contributed by atoms with Gasteiger partial charge in [-0.3, -0.25) is 19.4 Å². The summed E-state index contributed by atoms with van der Waals surface area (Å²) < 4.78 is 88.5. The van der Waals surface area contributed by atoms with E-state index in [2.05, 4.69) is 25.5 Å². The van der Waals surface area contributed by atoms with Crippen LogP contribution in [-0.2, 0) is 9.97 Å². The number of nitrogens with zero attached hydrogens (tertiary/aromatic N) is 7. The first-order valence-corrected chi connectivity index (χ1v) is 17.2. The van der Waals surface area contributed by atoms with Gasteiger partial charge in [-0.25, -0.2) is 32.0 Å². The van der Waals surface area contributed by atoms with Gasteiger partial charge in [0.1, 0.15) is 12.9 Å². The van der Waals surface area contributed by atoms with Crippen LogP contribution in [0.1, 0.15) is 62.1 Å². The number of benzene rings is 2. The van der Waals surface area contributed by atoms with Crippen molar-refractivity contribution < 1.29 is 40.7 Å². The Morgan fingerprint density at radius 1 is 1.11 bits per heavy atom. The highest BCUT2D eigenvalue weighted by molar-refractivity contribution is 6.56. The molecule has 0 spiro atoms. The Kier molecular flexibility index (Phi) is 12.0. The van der Waals surface area contributed by atoms with Gasteiger partial charge < -0.3 is 15.8 Å². The van der Waals surface area contributed by atoms with Gasteiger partial charge in [0, 0.05) is 41.3 Å². The largest absolute Gasteiger partial charge is 0.447 e. The molecule has 5 rings (SSSR count). The van der Waals surface area contributed by atoms with Crippen molar-refractivity contribution in [2.75, 3.05) is 13.2 Å². The highest BCUT2D eigenvalue weighted by Crippen LogP contribution is 2.62. The number of alkyl carbamates (subject to hydrolysis) is 1. The average Bonchev–Trinajstić information content (AvgIpc) is 3.59. The number of amides is 2. The molecule has 290 valence electrons. The van der Waals surface area contributed by atoms with E-state index in [4.69, 9.17) is 45.6 Å². The maximum absolute atomic E-state index is 14.5. The molecule has 22 heteroatoms. The molecule has 0 unspecified atom stereocenters. The predicted octanol–water partition coefficient (Wildman–Crippen LogP) is 5.63. The molecule has 1 aliphatic carbocycles. The lowest BCUT2D eigenvalue weighted by atomic mass is 9.49. The Labute approximate surface area is 326 Å². The van der Waals surface area contributed by atoms with Gasteiger partial charge in [-0.05, 0) is 60.9 Å². The summed E-state index contributed by atoms with van der Waals surface area (Å²) in [7, 11) is 17.2. The van der Waals surface area contributed by atoms with Crippen LogP contribution in [0.2, 0.25) is 5.02 Å². The monoisotopic (exact) mass is 797 g/mol. The molecule has 1 saturated carbocycles. The number of rotatable bonds is 14. The van der Waals surface area contributed by atoms with Crippen LogP contribution in [0, 0.1) is 5.41 Å². The normalized spacial score (nSPS) is 17.5. The second-order valence-corrected chi connectivity index (χ2v) is 14.5. The Morgan fingerprint density at radius 2 is 1.77 bits per heavy atom. The predicted molar refractivity (Wildman–Crippen MR) is 197 cm³/mol. The molecule has 6 radical (unpaired) electrons. The molecule has 12 nitrogen and oxygen atoms in total. The molecular weight excluding hydrogens is 764 g/mol. The van der Waals surface area contributed by atoms with Crippen molar-refractivity contribution in [1.29, 1.82) is 0 Å². The number of guanidine groups is 1. The van der Waals surface area contributed by atoms with Gasteiger partial charge in [-0.15, -0.1) is 0 Å². The van der Waals surface area contributed by atoms with E-state index in [-0.39, 0.29) is 46.9 Å². The third kappa shape index (κ3) is 9.36. The number of ether oxygens (including phenoxy) is 1. The number of carbonyl (C=O) groups is 2. The summed E-state index contributed by atoms with van der Waals surface area (Å²) in [6.45, 7) is -0.323. The Balaban J connectivity index is 1.58. The molecule has 56 heavy (non-hydrogen) atoms. The van der Waals surface area contributed by atoms with Crippen LogP contribution in [0.5, 0.6) is 0 Å². The van der Waals surface area contributed by atoms with Gasteiger partial charge >= 0.3 is 12.6 Å². The molecule has 2 heterocycles. The van der Waals surface area contributed by atoms with Crippen molar-refractivity contribution in [2.45, 2.75) is 69.3 Å². The number of carbonyl (C=O) groups excluding carboxylic acids is 2. The zero-order valence-corrected chi connectivity index (χ0v) is 30.9. The van der Waals surface area contributed by atoms with E-state index in [1.165, 1.54) is 55.6 Å². The minimum Gasteiger partial charge on any atom is -0.447 e. The number of aliphatic imine (C=N–C) groups is 1. The molecule has 2 amide bonds. The molecular formula is C34H33B3ClF6N9O3. The van der Waals surface area contributed by atoms with Crippen LogP contribution in [-0.4, -0.2) is 102 Å². The van der Waals surface area contributed by atoms with Crippen LogP contribution < -0.4 is 11.1 Å². The van der Waals surface area contributed by atoms with Gasteiger partial charge in [-0.2, -0.15) is 19.0 Å². The summed E-state index contributed by atoms with van der Waals surface area (Å²) in [6, 6.07) is 8.52. The average molecular weight is 798 g/mol. The lowest BCUT2D eigenvalue weighted by Crippen LogP contribution is -2.50. The van der Waals surface area contributed by atoms with E-state index < -0.39 is 65.7 Å². The van der Waals surface area contributed by atoms with Crippen LogP contribution in [0.15, 0.2) is 66.2 Å². The van der Waals surface area contributed by atoms with E-state index >= 15 is 0 Å². The maximum atomic E-state index is 14.5. The second kappa shape index (κ2) is 15.9. The minimum atomic E-state index is -2.99. The fraction of sp³-hybridized carbons (Fsp3) is 0.412. The van der Waals surface area contributed by atoms with Crippen LogP contribution in [0.25, 0.3) is 22.5 Å². The second-order valence-electron chi connectivity index (χ2n) is 14.1. The Bertz CT molecular complexity index is 2100. The van der Waals surface area contributed by atoms with E-state index in [1.807, 2.05) is 0 Å². The number of halogens is 7. The molecule has 2 aromatic heterocycles. The van der Waals surface area contributed by atoms with Crippen LogP contribution >= 0.6 is 11.6 Å². The molecule has 1 aliphatic rings. The summed E-state index contributed by atoms with van der Waals surface area (Å²) >= 11 is 6.53. The molecule has 4 aromatic rings. The number of alkyl halides is 6. The van der Waals surface area contributed by atoms with Crippen molar-refractivity contribution in [2.24, 2.45) is 16.1 Å². The molecule has 0 aliphatic heterocycles. The summed E-state index contributed by atoms with van der Waals surface area (Å²) in [6.07, 6.45) is -1.26. The maximum Gasteiger partial charge on any atom is 0.407 e. The molecule has 1 fully saturated rings. The van der Waals surface area contributed by atoms with Crippen molar-refractivity contribution >= 4 is 53.1 Å². The van der Waals surface area contributed by atoms with Crippen molar-refractivity contribution in [3.63, 3.8) is 0 Å². The topological polar surface area (TPSA) is 146 Å². The fourth-order valence-electron chi connectivity index (χ4n) is 5.48. The molecule has 0 saturated heterocycles. The summed E-state index contributed by atoms with van der Waals surface area (Å²) in [5.41, 5.74) is 4.16. The quantitative estimate of drug-likeness (QED) is 0.0728. The highest BCUT2D eigenvalue weighted by atomic mass is 35.5. The Morgan fingerprint density at radius 3 is 2.32 bits per heavy atom. The van der Waals surface area contributed by atoms with Gasteiger partial charge in [0.2, 0.25) is 0 Å². The molecule has 3 N–H and O–H groups in total. The fourth-order valence-corrected chi connectivity index (χ4v) is 5.68. The number of hydrogen-bond acceptors (Lipinski definition) is 7. The van der Waals surface area contributed by atoms with Crippen LogP contribution in [0.3, 0.4) is 0 Å². The lowest BCUT2D eigenvalue weighted by molar-refractivity contribution is 0.0403. The first kappa shape index (κ1) is 42.2. The first-order chi connectivity index (χ1) is 26.0. The molecule has 2 atom stereocenters. The number of hydrogen-bond donors (Lipinski definition) is 2. The molecule has 0 bridgehead atoms. The van der Waals surface area contributed by atoms with Gasteiger partial charge in [0.05, 0.1) is 46.3 Å². The van der Waals surface area contributed by atoms with E-state index in [9.17, 15) is 35.9 Å². The zero-order chi connectivity index (χ0) is 41.4. The molecule has 2 aromatic carbocycles. The highest BCUT2D eigenvalue weighted by Gasteiger charge is 2.67. The Hall–Kier alpha value is -4.94. The number of nitrogens with one attached hydrogen (secondary N) is 1. The summed E-state index contributed by atoms with van der Waals surface area (Å²) in [5, 5.41) is 8.02. The minimum absolute atomic E-state index is 0.0254. The third-order valence-electron chi connectivity index (χ3n) is 9.20. The van der Waals surface area contributed by atoms with Gasteiger partial charge in [0.15, 0.2) is 11.8 Å². The number of nitrogens with two attached hydrogens (primary N) is 1. The first-order valence-electron chi connectivity index (χ1n) is 16.8. The van der Waals surface area contributed by atoms with Gasteiger partial charge in [0.25, 0.3) is 18.3 Å². The zero-order valence-electron chi connectivity index (χ0n) is 30.1. The van der Waals surface area contributed by atoms with E-state index in [0.717, 1.165) is 36.0 Å². The van der Waals surface area contributed by atoms with Crippen molar-refractivity contribution in [1.82, 2.24) is 34.8 Å².